The zero-order chi connectivity index (χ0) is 27.1. The van der Waals surface area contributed by atoms with Crippen LogP contribution in [-0.4, -0.2) is 40.9 Å². The molecule has 0 radical (unpaired) electrons. The number of anilines is 3. The number of benzene rings is 2. The van der Waals surface area contributed by atoms with Crippen LogP contribution in [0.1, 0.15) is 25.3 Å². The van der Waals surface area contributed by atoms with Crippen molar-refractivity contribution in [2.24, 2.45) is 13.0 Å². The van der Waals surface area contributed by atoms with Crippen LogP contribution in [-0.2, 0) is 18.4 Å². The third-order valence-corrected chi connectivity index (χ3v) is 7.45. The molecule has 2 unspecified atom stereocenters. The molecule has 0 bridgehead atoms. The van der Waals surface area contributed by atoms with E-state index in [9.17, 15) is 22.4 Å². The Bertz CT molecular complexity index is 1330. The van der Waals surface area contributed by atoms with Gasteiger partial charge >= 0.3 is 6.18 Å². The molecule has 2 N–H and O–H groups in total. The monoisotopic (exact) mass is 579 g/mol. The maximum Gasteiger partial charge on any atom is 0.393 e. The van der Waals surface area contributed by atoms with Crippen molar-refractivity contribution in [2.45, 2.75) is 38.7 Å². The van der Waals surface area contributed by atoms with E-state index in [-0.39, 0.29) is 29.6 Å². The zero-order valence-electron chi connectivity index (χ0n) is 19.9. The van der Waals surface area contributed by atoms with Gasteiger partial charge in [0.2, 0.25) is 5.95 Å². The van der Waals surface area contributed by atoms with E-state index in [4.69, 9.17) is 34.8 Å². The summed E-state index contributed by atoms with van der Waals surface area (Å²) in [5.41, 5.74) is 2.51. The lowest BCUT2D eigenvalue weighted by atomic mass is 9.97. The van der Waals surface area contributed by atoms with Crippen LogP contribution in [0, 0.1) is 5.92 Å². The van der Waals surface area contributed by atoms with E-state index in [1.807, 2.05) is 0 Å². The number of fused-ring (bicyclic) bond motifs is 1. The van der Waals surface area contributed by atoms with Crippen LogP contribution in [0.5, 0.6) is 0 Å². The zero-order valence-corrected chi connectivity index (χ0v) is 22.2. The molecular formula is C24H24Cl3F4N5O. The van der Waals surface area contributed by atoms with Crippen molar-refractivity contribution >= 4 is 69.1 Å². The first-order valence-corrected chi connectivity index (χ1v) is 12.6. The predicted octanol–water partition coefficient (Wildman–Crippen LogP) is 7.03. The summed E-state index contributed by atoms with van der Waals surface area (Å²) in [6, 6.07) is 6.54. The van der Waals surface area contributed by atoms with E-state index in [1.54, 1.807) is 40.8 Å². The number of nitrogens with zero attached hydrogens (tertiary/aromatic N) is 3. The molecule has 0 spiro atoms. The Kier molecular flexibility index (Phi) is 8.02. The van der Waals surface area contributed by atoms with Crippen LogP contribution in [0.2, 0.25) is 15.1 Å². The van der Waals surface area contributed by atoms with Crippen molar-refractivity contribution in [1.82, 2.24) is 14.9 Å². The number of aryl methyl sites for hydroxylation is 1. The fourth-order valence-electron chi connectivity index (χ4n) is 4.30. The molecule has 1 saturated heterocycles. The molecule has 37 heavy (non-hydrogen) atoms. The van der Waals surface area contributed by atoms with Crippen LogP contribution < -0.4 is 15.5 Å². The molecule has 0 saturated carbocycles. The van der Waals surface area contributed by atoms with Gasteiger partial charge in [-0.1, -0.05) is 40.9 Å². The normalized spacial score (nSPS) is 17.2. The Labute approximate surface area is 225 Å². The van der Waals surface area contributed by atoms with Crippen molar-refractivity contribution in [1.29, 1.82) is 0 Å². The standard InChI is InChI=1S/C24H24Cl3F4N5O/c1-12(28)22(37)32-10-13-5-6-15(25)21(20(13)27)34-23-33-17-8-16(26)18(9-19(17)35(23)2)36-7-3-4-14(11-36)24(29,30)31/h5-6,8-9,12,14H,3-4,7,10-11H2,1-2H3,(H,32,37)(H,33,34). The molecular weight excluding hydrogens is 557 g/mol. The number of carbonyl (C=O) groups is 1. The Balaban J connectivity index is 1.63. The van der Waals surface area contributed by atoms with Crippen LogP contribution in [0.15, 0.2) is 24.3 Å². The molecule has 2 atom stereocenters. The highest BCUT2D eigenvalue weighted by atomic mass is 35.5. The van der Waals surface area contributed by atoms with Gasteiger partial charge in [0.05, 0.1) is 43.4 Å². The third kappa shape index (κ3) is 5.86. The molecule has 13 heteroatoms. The second kappa shape index (κ2) is 10.7. The molecule has 1 aromatic heterocycles. The maximum absolute atomic E-state index is 13.3. The van der Waals surface area contributed by atoms with E-state index >= 15 is 0 Å². The van der Waals surface area contributed by atoms with E-state index < -0.39 is 24.2 Å². The first kappa shape index (κ1) is 27.6. The molecule has 1 fully saturated rings. The first-order valence-electron chi connectivity index (χ1n) is 11.5. The molecule has 2 aromatic carbocycles. The van der Waals surface area contributed by atoms with Gasteiger partial charge in [-0.2, -0.15) is 13.2 Å². The van der Waals surface area contributed by atoms with E-state index in [1.165, 1.54) is 0 Å². The summed E-state index contributed by atoms with van der Waals surface area (Å²) < 4.78 is 54.9. The predicted molar refractivity (Wildman–Crippen MR) is 139 cm³/mol. The highest BCUT2D eigenvalue weighted by Crippen LogP contribution is 2.40. The van der Waals surface area contributed by atoms with E-state index in [2.05, 4.69) is 15.6 Å². The number of piperidine rings is 1. The minimum absolute atomic E-state index is 0.00591. The fraction of sp³-hybridized carbons (Fsp3) is 0.417. The molecule has 1 aliphatic heterocycles. The number of nitrogens with one attached hydrogen (secondary N) is 2. The maximum atomic E-state index is 13.3. The van der Waals surface area contributed by atoms with Crippen molar-refractivity contribution in [3.05, 3.63) is 44.9 Å². The van der Waals surface area contributed by atoms with Gasteiger partial charge in [-0.05, 0) is 43.5 Å². The summed E-state index contributed by atoms with van der Waals surface area (Å²) in [7, 11) is 1.73. The van der Waals surface area contributed by atoms with E-state index in [0.717, 1.165) is 6.92 Å². The fourth-order valence-corrected chi connectivity index (χ4v) is 5.11. The average Bonchev–Trinajstić information content (AvgIpc) is 3.13. The number of rotatable bonds is 6. The number of aromatic nitrogens is 2. The number of amides is 1. The van der Waals surface area contributed by atoms with Gasteiger partial charge in [0.15, 0.2) is 6.17 Å². The molecule has 0 aliphatic carbocycles. The molecule has 3 aromatic rings. The van der Waals surface area contributed by atoms with Crippen LogP contribution in [0.3, 0.4) is 0 Å². The molecule has 200 valence electrons. The second-order valence-corrected chi connectivity index (χ2v) is 10.2. The van der Waals surface area contributed by atoms with Gasteiger partial charge < -0.3 is 20.1 Å². The SMILES string of the molecule is CC(F)C(=O)NCc1ccc(Cl)c(Nc2nc3cc(Cl)c(N4CCCC(C(F)(F)F)C4)cc3n2C)c1Cl. The summed E-state index contributed by atoms with van der Waals surface area (Å²) in [5.74, 6) is -1.82. The summed E-state index contributed by atoms with van der Waals surface area (Å²) in [4.78, 5) is 17.8. The van der Waals surface area contributed by atoms with Crippen molar-refractivity contribution in [3.8, 4) is 0 Å². The van der Waals surface area contributed by atoms with Crippen molar-refractivity contribution in [2.75, 3.05) is 23.3 Å². The summed E-state index contributed by atoms with van der Waals surface area (Å²) in [6.07, 6.45) is -5.42. The molecule has 4 rings (SSSR count). The van der Waals surface area contributed by atoms with Gasteiger partial charge in [-0.3, -0.25) is 4.79 Å². The van der Waals surface area contributed by atoms with E-state index in [0.29, 0.717) is 51.9 Å². The van der Waals surface area contributed by atoms with Crippen LogP contribution in [0.25, 0.3) is 11.0 Å². The largest absolute Gasteiger partial charge is 0.393 e. The number of alkyl halides is 4. The average molecular weight is 581 g/mol. The highest BCUT2D eigenvalue weighted by molar-refractivity contribution is 6.39. The second-order valence-electron chi connectivity index (χ2n) is 8.97. The van der Waals surface area contributed by atoms with Gasteiger partial charge in [-0.15, -0.1) is 0 Å². The number of imidazole rings is 1. The Morgan fingerprint density at radius 1 is 1.22 bits per heavy atom. The topological polar surface area (TPSA) is 62.2 Å². The molecule has 6 nitrogen and oxygen atoms in total. The summed E-state index contributed by atoms with van der Waals surface area (Å²) in [6.45, 7) is 1.44. The number of hydrogen-bond donors (Lipinski definition) is 2. The first-order chi connectivity index (χ1) is 17.4. The van der Waals surface area contributed by atoms with Crippen LogP contribution in [0.4, 0.5) is 34.9 Å². The lowest BCUT2D eigenvalue weighted by Gasteiger charge is -2.35. The summed E-state index contributed by atoms with van der Waals surface area (Å²) in [5, 5.41) is 6.36. The number of halogens is 7. The highest BCUT2D eigenvalue weighted by Gasteiger charge is 2.42. The van der Waals surface area contributed by atoms with Gasteiger partial charge in [-0.25, -0.2) is 9.37 Å². The Hall–Kier alpha value is -2.43. The van der Waals surface area contributed by atoms with Crippen LogP contribution >= 0.6 is 34.8 Å². The lowest BCUT2D eigenvalue weighted by Crippen LogP contribution is -2.41. The van der Waals surface area contributed by atoms with Gasteiger partial charge in [0.1, 0.15) is 0 Å². The van der Waals surface area contributed by atoms with Gasteiger partial charge in [0, 0.05) is 26.7 Å². The number of hydrogen-bond acceptors (Lipinski definition) is 4. The quantitative estimate of drug-likeness (QED) is 0.307. The third-order valence-electron chi connectivity index (χ3n) is 6.40. The number of carbonyl (C=O) groups excluding carboxylic acids is 1. The molecule has 1 aliphatic rings. The molecule has 2 heterocycles. The Morgan fingerprint density at radius 3 is 2.62 bits per heavy atom. The lowest BCUT2D eigenvalue weighted by molar-refractivity contribution is -0.176. The minimum atomic E-state index is -4.27. The molecule has 1 amide bonds. The van der Waals surface area contributed by atoms with Crippen molar-refractivity contribution in [3.63, 3.8) is 0 Å². The summed E-state index contributed by atoms with van der Waals surface area (Å²) >= 11 is 19.4. The van der Waals surface area contributed by atoms with Gasteiger partial charge in [0.25, 0.3) is 5.91 Å². The smallest absolute Gasteiger partial charge is 0.370 e. The minimum Gasteiger partial charge on any atom is -0.370 e. The van der Waals surface area contributed by atoms with Crippen molar-refractivity contribution < 1.29 is 22.4 Å². The Morgan fingerprint density at radius 2 is 1.95 bits per heavy atom.